The first-order chi connectivity index (χ1) is 12.5. The van der Waals surface area contributed by atoms with Crippen LogP contribution < -0.4 is 15.4 Å². The molecule has 1 aromatic carbocycles. The van der Waals surface area contributed by atoms with Gasteiger partial charge in [0, 0.05) is 25.0 Å². The lowest BCUT2D eigenvalue weighted by Gasteiger charge is -2.16. The number of hydrogen-bond donors (Lipinski definition) is 3. The second kappa shape index (κ2) is 10.1. The van der Waals surface area contributed by atoms with E-state index in [2.05, 4.69) is 27.3 Å². The minimum Gasteiger partial charge on any atom is -0.482 e. The molecule has 0 saturated heterocycles. The molecule has 142 valence electrons. The van der Waals surface area contributed by atoms with Crippen LogP contribution in [0.25, 0.3) is 0 Å². The van der Waals surface area contributed by atoms with E-state index in [-0.39, 0.29) is 12.6 Å². The molecule has 26 heavy (non-hydrogen) atoms. The standard InChI is InChI=1S/C18H25N3O4S/c1-12(20-9-16(22)15-11-26-18(19-2)21-15)8-13-4-6-14(7-5-13)25-10-17(23)24-3/h4-7,11-12,16,20,22H,8-10H2,1-3H3,(H,19,21). The summed E-state index contributed by atoms with van der Waals surface area (Å²) in [4.78, 5) is 15.4. The maximum absolute atomic E-state index is 11.1. The summed E-state index contributed by atoms with van der Waals surface area (Å²) < 4.78 is 9.86. The summed E-state index contributed by atoms with van der Waals surface area (Å²) in [6.45, 7) is 2.40. The van der Waals surface area contributed by atoms with Crippen molar-refractivity contribution < 1.29 is 19.4 Å². The van der Waals surface area contributed by atoms with E-state index in [9.17, 15) is 9.90 Å². The number of aromatic nitrogens is 1. The molecule has 0 amide bonds. The lowest BCUT2D eigenvalue weighted by atomic mass is 10.1. The van der Waals surface area contributed by atoms with E-state index in [1.807, 2.05) is 29.6 Å². The molecule has 1 heterocycles. The van der Waals surface area contributed by atoms with Crippen LogP contribution in [0, 0.1) is 0 Å². The van der Waals surface area contributed by atoms with Crippen molar-refractivity contribution in [2.45, 2.75) is 25.5 Å². The molecule has 0 aliphatic rings. The van der Waals surface area contributed by atoms with Crippen LogP contribution in [-0.4, -0.2) is 49.4 Å². The van der Waals surface area contributed by atoms with E-state index in [0.717, 1.165) is 17.1 Å². The molecule has 0 fully saturated rings. The van der Waals surface area contributed by atoms with E-state index in [1.165, 1.54) is 18.4 Å². The number of nitrogens with zero attached hydrogens (tertiary/aromatic N) is 1. The molecule has 1 aromatic heterocycles. The third kappa shape index (κ3) is 6.29. The quantitative estimate of drug-likeness (QED) is 0.544. The minimum atomic E-state index is -0.634. The predicted octanol–water partition coefficient (Wildman–Crippen LogP) is 1.99. The highest BCUT2D eigenvalue weighted by atomic mass is 32.1. The first-order valence-corrected chi connectivity index (χ1v) is 9.23. The third-order valence-electron chi connectivity index (χ3n) is 3.79. The van der Waals surface area contributed by atoms with Gasteiger partial charge in [-0.1, -0.05) is 12.1 Å². The first kappa shape index (κ1) is 20.2. The number of benzene rings is 1. The number of carbonyl (C=O) groups excluding carboxylic acids is 1. The van der Waals surface area contributed by atoms with Crippen molar-refractivity contribution in [1.82, 2.24) is 10.3 Å². The number of hydrogen-bond acceptors (Lipinski definition) is 8. The van der Waals surface area contributed by atoms with Gasteiger partial charge >= 0.3 is 5.97 Å². The Balaban J connectivity index is 1.76. The van der Waals surface area contributed by atoms with E-state index >= 15 is 0 Å². The summed E-state index contributed by atoms with van der Waals surface area (Å²) in [5.41, 5.74) is 1.81. The molecule has 7 nitrogen and oxygen atoms in total. The van der Waals surface area contributed by atoms with Crippen LogP contribution in [-0.2, 0) is 16.0 Å². The number of aliphatic hydroxyl groups excluding tert-OH is 1. The Morgan fingerprint density at radius 3 is 2.69 bits per heavy atom. The predicted molar refractivity (Wildman–Crippen MR) is 102 cm³/mol. The SMILES string of the molecule is CNc1nc(C(O)CNC(C)Cc2ccc(OCC(=O)OC)cc2)cs1. The zero-order valence-electron chi connectivity index (χ0n) is 15.2. The fourth-order valence-corrected chi connectivity index (χ4v) is 3.04. The van der Waals surface area contributed by atoms with Gasteiger partial charge in [0.15, 0.2) is 11.7 Å². The highest BCUT2D eigenvalue weighted by Crippen LogP contribution is 2.20. The second-order valence-electron chi connectivity index (χ2n) is 5.87. The summed E-state index contributed by atoms with van der Waals surface area (Å²) in [5, 5.41) is 19.1. The molecule has 0 saturated carbocycles. The van der Waals surface area contributed by atoms with E-state index < -0.39 is 12.1 Å². The molecule has 8 heteroatoms. The van der Waals surface area contributed by atoms with Crippen molar-refractivity contribution in [2.24, 2.45) is 0 Å². The van der Waals surface area contributed by atoms with Crippen molar-refractivity contribution in [3.05, 3.63) is 40.9 Å². The Hall–Kier alpha value is -2.16. The number of methoxy groups -OCH3 is 1. The summed E-state index contributed by atoms with van der Waals surface area (Å²) in [6, 6.07) is 7.76. The van der Waals surface area contributed by atoms with Gasteiger partial charge in [-0.25, -0.2) is 9.78 Å². The summed E-state index contributed by atoms with van der Waals surface area (Å²) in [6.07, 6.45) is 0.174. The zero-order chi connectivity index (χ0) is 18.9. The van der Waals surface area contributed by atoms with Crippen LogP contribution in [0.15, 0.2) is 29.6 Å². The summed E-state index contributed by atoms with van der Waals surface area (Å²) in [7, 11) is 3.13. The van der Waals surface area contributed by atoms with Gasteiger partial charge in [-0.05, 0) is 31.0 Å². The topological polar surface area (TPSA) is 92.7 Å². The Labute approximate surface area is 157 Å². The largest absolute Gasteiger partial charge is 0.482 e. The van der Waals surface area contributed by atoms with Gasteiger partial charge in [0.1, 0.15) is 11.9 Å². The Kier molecular flexibility index (Phi) is 7.83. The lowest BCUT2D eigenvalue weighted by Crippen LogP contribution is -2.32. The number of esters is 1. The molecule has 3 N–H and O–H groups in total. The first-order valence-electron chi connectivity index (χ1n) is 8.35. The van der Waals surface area contributed by atoms with Gasteiger partial charge in [-0.2, -0.15) is 0 Å². The van der Waals surface area contributed by atoms with Crippen molar-refractivity contribution in [1.29, 1.82) is 0 Å². The average molecular weight is 379 g/mol. The zero-order valence-corrected chi connectivity index (χ0v) is 16.0. The Bertz CT molecular complexity index is 690. The molecule has 0 aliphatic heterocycles. The molecule has 2 aromatic rings. The number of ether oxygens (including phenoxy) is 2. The van der Waals surface area contributed by atoms with E-state index in [0.29, 0.717) is 18.0 Å². The average Bonchev–Trinajstić information content (AvgIpc) is 3.14. The van der Waals surface area contributed by atoms with Crippen LogP contribution in [0.3, 0.4) is 0 Å². The fourth-order valence-electron chi connectivity index (χ4n) is 2.32. The van der Waals surface area contributed by atoms with E-state index in [1.54, 1.807) is 7.05 Å². The lowest BCUT2D eigenvalue weighted by molar-refractivity contribution is -0.142. The molecule has 2 atom stereocenters. The third-order valence-corrected chi connectivity index (χ3v) is 4.66. The fraction of sp³-hybridized carbons (Fsp3) is 0.444. The molecule has 0 bridgehead atoms. The highest BCUT2D eigenvalue weighted by Gasteiger charge is 2.13. The number of carbonyl (C=O) groups is 1. The smallest absolute Gasteiger partial charge is 0.343 e. The summed E-state index contributed by atoms with van der Waals surface area (Å²) in [5.74, 6) is 0.214. The van der Waals surface area contributed by atoms with Gasteiger partial charge in [-0.3, -0.25) is 0 Å². The molecular formula is C18H25N3O4S. The van der Waals surface area contributed by atoms with Gasteiger partial charge in [-0.15, -0.1) is 11.3 Å². The van der Waals surface area contributed by atoms with Crippen LogP contribution in [0.4, 0.5) is 5.13 Å². The van der Waals surface area contributed by atoms with Crippen LogP contribution in [0.5, 0.6) is 5.75 Å². The normalized spacial score (nSPS) is 13.1. The molecule has 0 aliphatic carbocycles. The molecular weight excluding hydrogens is 354 g/mol. The van der Waals surface area contributed by atoms with Crippen LogP contribution in [0.2, 0.25) is 0 Å². The number of anilines is 1. The van der Waals surface area contributed by atoms with Crippen LogP contribution in [0.1, 0.15) is 24.3 Å². The van der Waals surface area contributed by atoms with Crippen molar-refractivity contribution in [3.63, 3.8) is 0 Å². The highest BCUT2D eigenvalue weighted by molar-refractivity contribution is 7.13. The number of aliphatic hydroxyl groups is 1. The molecule has 2 unspecified atom stereocenters. The molecule has 2 rings (SSSR count). The van der Waals surface area contributed by atoms with Crippen molar-refractivity contribution >= 4 is 22.4 Å². The molecule has 0 radical (unpaired) electrons. The summed E-state index contributed by atoms with van der Waals surface area (Å²) >= 11 is 1.47. The number of nitrogens with one attached hydrogen (secondary N) is 2. The maximum Gasteiger partial charge on any atom is 0.343 e. The maximum atomic E-state index is 11.1. The van der Waals surface area contributed by atoms with Crippen molar-refractivity contribution in [3.8, 4) is 5.75 Å². The van der Waals surface area contributed by atoms with Gasteiger partial charge in [0.05, 0.1) is 12.8 Å². The Morgan fingerprint density at radius 2 is 2.08 bits per heavy atom. The van der Waals surface area contributed by atoms with Gasteiger partial charge < -0.3 is 25.2 Å². The van der Waals surface area contributed by atoms with Crippen molar-refractivity contribution in [2.75, 3.05) is 32.6 Å². The number of thiazole rings is 1. The number of rotatable bonds is 10. The monoisotopic (exact) mass is 379 g/mol. The van der Waals surface area contributed by atoms with Gasteiger partial charge in [0.2, 0.25) is 0 Å². The second-order valence-corrected chi connectivity index (χ2v) is 6.72. The minimum absolute atomic E-state index is 0.0996. The molecule has 0 spiro atoms. The van der Waals surface area contributed by atoms with Gasteiger partial charge in [0.25, 0.3) is 0 Å². The van der Waals surface area contributed by atoms with E-state index in [4.69, 9.17) is 4.74 Å². The Morgan fingerprint density at radius 1 is 1.35 bits per heavy atom. The van der Waals surface area contributed by atoms with Crippen LogP contribution >= 0.6 is 11.3 Å².